The van der Waals surface area contributed by atoms with E-state index in [9.17, 15) is 35.1 Å². The zero-order chi connectivity index (χ0) is 56.1. The summed E-state index contributed by atoms with van der Waals surface area (Å²) in [6, 6.07) is -1.04. The van der Waals surface area contributed by atoms with Gasteiger partial charge in [-0.05, 0) is 83.5 Å². The summed E-state index contributed by atoms with van der Waals surface area (Å²) in [7, 11) is 0. The molecule has 1 saturated heterocycles. The van der Waals surface area contributed by atoms with Crippen molar-refractivity contribution < 1.29 is 49.3 Å². The highest BCUT2D eigenvalue weighted by molar-refractivity contribution is 5.80. The maximum Gasteiger partial charge on any atom is 0.306 e. The van der Waals surface area contributed by atoms with E-state index in [1.165, 1.54) is 96.3 Å². The zero-order valence-electron chi connectivity index (χ0n) is 48.5. The molecule has 1 rings (SSSR count). The van der Waals surface area contributed by atoms with Crippen LogP contribution in [0.1, 0.15) is 233 Å². The Balaban J connectivity index is 2.68. The van der Waals surface area contributed by atoms with Crippen LogP contribution in [0.25, 0.3) is 0 Å². The molecule has 1 aliphatic rings. The minimum absolute atomic E-state index is 0.0685. The summed E-state index contributed by atoms with van der Waals surface area (Å²) in [4.78, 5) is 26.5. The summed E-state index contributed by atoms with van der Waals surface area (Å²) in [6.45, 7) is 5.57. The van der Waals surface area contributed by atoms with Crippen LogP contribution in [0.5, 0.6) is 0 Å². The number of hydrogen-bond acceptors (Lipinski definition) is 10. The van der Waals surface area contributed by atoms with Gasteiger partial charge in [0.05, 0.1) is 25.4 Å². The molecule has 0 aromatic heterocycles. The van der Waals surface area contributed by atoms with Gasteiger partial charge < -0.3 is 45.1 Å². The number of aliphatic hydroxyl groups is 5. The van der Waals surface area contributed by atoms with Crippen LogP contribution in [0.3, 0.4) is 0 Å². The molecule has 77 heavy (non-hydrogen) atoms. The Labute approximate surface area is 468 Å². The Hall–Kier alpha value is -3.68. The zero-order valence-corrected chi connectivity index (χ0v) is 48.5. The fourth-order valence-corrected chi connectivity index (χ4v) is 8.91. The van der Waals surface area contributed by atoms with E-state index in [4.69, 9.17) is 14.2 Å². The topological polar surface area (TPSA) is 175 Å². The van der Waals surface area contributed by atoms with Crippen molar-refractivity contribution in [2.75, 3.05) is 13.2 Å². The SMILES string of the molecule is CC/C=C/C=C/C=C\C=C/C=C/CCCCCC(=O)OC1C(OCC(NC(=O)C(O)CCCCCCCCCCC/C=C\C/C=C\C/C=C\CCCCC)C(O)/C=C/CCCCCCCCCCC)OC(CO)C(O)C1O. The van der Waals surface area contributed by atoms with Gasteiger partial charge in [0.1, 0.15) is 24.4 Å². The van der Waals surface area contributed by atoms with E-state index in [2.05, 4.69) is 74.7 Å². The lowest BCUT2D eigenvalue weighted by Crippen LogP contribution is -2.61. The van der Waals surface area contributed by atoms with E-state index in [1.54, 1.807) is 6.08 Å². The minimum atomic E-state index is -1.64. The Kier molecular flexibility index (Phi) is 49.1. The first kappa shape index (κ1) is 71.3. The van der Waals surface area contributed by atoms with Gasteiger partial charge in [-0.2, -0.15) is 0 Å². The Morgan fingerprint density at radius 3 is 1.55 bits per heavy atom. The van der Waals surface area contributed by atoms with Crippen LogP contribution in [0.4, 0.5) is 0 Å². The molecule has 6 N–H and O–H groups in total. The first-order valence-corrected chi connectivity index (χ1v) is 30.7. The lowest BCUT2D eigenvalue weighted by molar-refractivity contribution is -0.305. The van der Waals surface area contributed by atoms with Crippen molar-refractivity contribution in [1.82, 2.24) is 5.32 Å². The normalized spacial score (nSPS) is 19.8. The van der Waals surface area contributed by atoms with Crippen molar-refractivity contribution in [3.63, 3.8) is 0 Å². The van der Waals surface area contributed by atoms with Crippen molar-refractivity contribution >= 4 is 11.9 Å². The Bertz CT molecular complexity index is 1660. The number of hydrogen-bond donors (Lipinski definition) is 6. The molecule has 11 heteroatoms. The molecular weight excluding hydrogens is 967 g/mol. The first-order valence-electron chi connectivity index (χ1n) is 30.7. The fourth-order valence-electron chi connectivity index (χ4n) is 8.91. The molecule has 0 aliphatic carbocycles. The standard InChI is InChI=1S/C66H111NO10/c1-4-7-10-13-16-19-22-24-26-27-28-29-30-31-32-34-35-38-41-44-47-50-53-59(70)65(74)67-57(58(69)52-49-46-43-40-37-21-18-15-12-9-6-3)56-75-66-64(63(73)62(72)60(55-68)76-66)77-61(71)54-51-48-45-42-39-36-33-25-23-20-17-14-11-8-5-2/h8,11,14,16-17,19-20,23-26,28-29,33,36,39,49,52,57-60,62-64,66,68-70,72-73H,4-7,9-10,12-13,15,18,21-22,27,30-32,34-35,37-38,40-48,50-51,53-56H2,1-3H3,(H,67,74)/b11-8+,17-14+,19-16-,23-20-,26-24-,29-28-,33-25-,39-36+,52-49+. The van der Waals surface area contributed by atoms with Crippen LogP contribution in [-0.4, -0.2) is 99.6 Å². The van der Waals surface area contributed by atoms with Crippen LogP contribution in [0, 0.1) is 0 Å². The quantitative estimate of drug-likeness (QED) is 0.0149. The summed E-state index contributed by atoms with van der Waals surface area (Å²) in [6.07, 6.45) is 61.3. The van der Waals surface area contributed by atoms with Gasteiger partial charge >= 0.3 is 5.97 Å². The maximum atomic E-state index is 13.4. The lowest BCUT2D eigenvalue weighted by Gasteiger charge is -2.41. The number of aliphatic hydroxyl groups excluding tert-OH is 5. The number of ether oxygens (including phenoxy) is 3. The van der Waals surface area contributed by atoms with Crippen molar-refractivity contribution in [2.45, 2.75) is 282 Å². The molecule has 0 bridgehead atoms. The maximum absolute atomic E-state index is 13.4. The van der Waals surface area contributed by atoms with E-state index >= 15 is 0 Å². The van der Waals surface area contributed by atoms with E-state index in [1.807, 2.05) is 54.7 Å². The lowest BCUT2D eigenvalue weighted by atomic mass is 9.99. The highest BCUT2D eigenvalue weighted by Gasteiger charge is 2.47. The molecule has 0 radical (unpaired) electrons. The number of amides is 1. The van der Waals surface area contributed by atoms with Gasteiger partial charge in [0, 0.05) is 6.42 Å². The Morgan fingerprint density at radius 1 is 0.532 bits per heavy atom. The molecule has 440 valence electrons. The molecular formula is C66H111NO10. The Morgan fingerprint density at radius 2 is 0.987 bits per heavy atom. The average molecular weight is 1080 g/mol. The molecule has 1 amide bonds. The predicted molar refractivity (Wildman–Crippen MR) is 319 cm³/mol. The number of rotatable bonds is 50. The highest BCUT2D eigenvalue weighted by atomic mass is 16.7. The summed E-state index contributed by atoms with van der Waals surface area (Å²) < 4.78 is 17.5. The molecule has 0 aromatic rings. The molecule has 11 nitrogen and oxygen atoms in total. The minimum Gasteiger partial charge on any atom is -0.454 e. The summed E-state index contributed by atoms with van der Waals surface area (Å²) >= 11 is 0. The molecule has 8 atom stereocenters. The third-order valence-corrected chi connectivity index (χ3v) is 13.8. The van der Waals surface area contributed by atoms with Crippen molar-refractivity contribution in [2.24, 2.45) is 0 Å². The van der Waals surface area contributed by atoms with E-state index < -0.39 is 67.4 Å². The molecule has 0 spiro atoms. The van der Waals surface area contributed by atoms with Crippen LogP contribution in [0.2, 0.25) is 0 Å². The number of nitrogens with one attached hydrogen (secondary N) is 1. The van der Waals surface area contributed by atoms with Crippen LogP contribution in [0.15, 0.2) is 109 Å². The second-order valence-electron chi connectivity index (χ2n) is 20.8. The van der Waals surface area contributed by atoms with Crippen LogP contribution in [-0.2, 0) is 23.8 Å². The van der Waals surface area contributed by atoms with Gasteiger partial charge in [0.25, 0.3) is 0 Å². The first-order chi connectivity index (χ1) is 37.7. The molecule has 0 saturated carbocycles. The molecule has 1 heterocycles. The van der Waals surface area contributed by atoms with Gasteiger partial charge in [0.15, 0.2) is 12.4 Å². The average Bonchev–Trinajstić information content (AvgIpc) is 3.43. The van der Waals surface area contributed by atoms with Crippen molar-refractivity contribution in [3.8, 4) is 0 Å². The van der Waals surface area contributed by atoms with Gasteiger partial charge in [-0.25, -0.2) is 0 Å². The molecule has 1 fully saturated rings. The second-order valence-corrected chi connectivity index (χ2v) is 20.8. The number of carbonyl (C=O) groups excluding carboxylic acids is 2. The fraction of sp³-hybridized carbons (Fsp3) is 0.697. The van der Waals surface area contributed by atoms with Gasteiger partial charge in [-0.1, -0.05) is 252 Å². The summed E-state index contributed by atoms with van der Waals surface area (Å²) in [5.41, 5.74) is 0. The molecule has 8 unspecified atom stereocenters. The van der Waals surface area contributed by atoms with Crippen molar-refractivity contribution in [1.29, 1.82) is 0 Å². The summed E-state index contributed by atoms with van der Waals surface area (Å²) in [5.74, 6) is -1.25. The molecule has 1 aliphatic heterocycles. The van der Waals surface area contributed by atoms with Gasteiger partial charge in [0.2, 0.25) is 5.91 Å². The van der Waals surface area contributed by atoms with E-state index in [-0.39, 0.29) is 19.4 Å². The van der Waals surface area contributed by atoms with Crippen LogP contribution >= 0.6 is 0 Å². The third kappa shape index (κ3) is 41.1. The van der Waals surface area contributed by atoms with Gasteiger partial charge in [-0.3, -0.25) is 9.59 Å². The summed E-state index contributed by atoms with van der Waals surface area (Å²) in [5, 5.41) is 56.9. The number of esters is 1. The monoisotopic (exact) mass is 1080 g/mol. The predicted octanol–water partition coefficient (Wildman–Crippen LogP) is 14.5. The van der Waals surface area contributed by atoms with E-state index in [0.29, 0.717) is 12.8 Å². The smallest absolute Gasteiger partial charge is 0.306 e. The largest absolute Gasteiger partial charge is 0.454 e. The van der Waals surface area contributed by atoms with Gasteiger partial charge in [-0.15, -0.1) is 0 Å². The second kappa shape index (κ2) is 53.0. The molecule has 0 aromatic carbocycles. The van der Waals surface area contributed by atoms with E-state index in [0.717, 1.165) is 89.9 Å². The number of unbranched alkanes of at least 4 members (excludes halogenated alkanes) is 24. The van der Waals surface area contributed by atoms with Crippen molar-refractivity contribution in [3.05, 3.63) is 109 Å². The van der Waals surface area contributed by atoms with Crippen LogP contribution < -0.4 is 5.32 Å². The third-order valence-electron chi connectivity index (χ3n) is 13.8. The highest BCUT2D eigenvalue weighted by Crippen LogP contribution is 2.26. The number of carbonyl (C=O) groups is 2. The number of allylic oxidation sites excluding steroid dienone is 17.